The zero-order valence-electron chi connectivity index (χ0n) is 12.6. The van der Waals surface area contributed by atoms with Gasteiger partial charge in [0.05, 0.1) is 0 Å². The number of aliphatic hydroxyl groups is 1. The van der Waals surface area contributed by atoms with Crippen LogP contribution in [-0.4, -0.2) is 33.9 Å². The number of unbranched alkanes of at least 4 members (excludes halogenated alkanes) is 8. The molecule has 19 heavy (non-hydrogen) atoms. The minimum Gasteiger partial charge on any atom is -0.383 e. The minimum absolute atomic E-state index is 0.216. The Morgan fingerprint density at radius 3 is 1.89 bits per heavy atom. The predicted octanol–water partition coefficient (Wildman–Crippen LogP) is 3.51. The maximum Gasteiger partial charge on any atom is 0.274 e. The van der Waals surface area contributed by atoms with Crippen molar-refractivity contribution in [3.05, 3.63) is 0 Å². The molecule has 0 saturated heterocycles. The van der Waals surface area contributed by atoms with Crippen LogP contribution >= 0.6 is 0 Å². The van der Waals surface area contributed by atoms with E-state index in [1.807, 2.05) is 0 Å². The highest BCUT2D eigenvalue weighted by molar-refractivity contribution is 5.79. The fourth-order valence-electron chi connectivity index (χ4n) is 2.10. The molecule has 114 valence electrons. The predicted molar refractivity (Wildman–Crippen MR) is 77.0 cm³/mol. The number of carbonyl (C=O) groups is 1. The van der Waals surface area contributed by atoms with Crippen molar-refractivity contribution in [2.75, 3.05) is 6.54 Å². The summed E-state index contributed by atoms with van der Waals surface area (Å²) >= 11 is 0. The molecule has 0 rings (SSSR count). The minimum atomic E-state index is -1.05. The van der Waals surface area contributed by atoms with Crippen LogP contribution in [0.5, 0.6) is 0 Å². The molecule has 0 aliphatic rings. The quantitative estimate of drug-likeness (QED) is 0.325. The number of likely N-dealkylation sites (N-methyl/N-ethyl adjacent to an activating group) is 1. The van der Waals surface area contributed by atoms with Crippen molar-refractivity contribution in [3.63, 3.8) is 0 Å². The summed E-state index contributed by atoms with van der Waals surface area (Å²) in [5, 5.41) is 19.3. The summed E-state index contributed by atoms with van der Waals surface area (Å²) in [5.41, 5.74) is 0. The van der Waals surface area contributed by atoms with Gasteiger partial charge in [-0.25, -0.2) is 5.06 Å². The molecule has 0 bridgehead atoms. The number of rotatable bonds is 12. The summed E-state index contributed by atoms with van der Waals surface area (Å²) in [6.07, 6.45) is 10.3. The Balaban J connectivity index is 3.36. The molecule has 0 spiro atoms. The first-order valence-electron chi connectivity index (χ1n) is 7.81. The van der Waals surface area contributed by atoms with E-state index in [-0.39, 0.29) is 6.54 Å². The lowest BCUT2D eigenvalue weighted by Crippen LogP contribution is -2.36. The van der Waals surface area contributed by atoms with Gasteiger partial charge >= 0.3 is 0 Å². The van der Waals surface area contributed by atoms with Crippen molar-refractivity contribution < 1.29 is 15.1 Å². The Morgan fingerprint density at radius 2 is 1.42 bits per heavy atom. The highest BCUT2D eigenvalue weighted by Gasteiger charge is 2.18. The van der Waals surface area contributed by atoms with Gasteiger partial charge in [-0.1, -0.05) is 64.7 Å². The molecule has 1 atom stereocenters. The average molecular weight is 273 g/mol. The Morgan fingerprint density at radius 1 is 0.947 bits per heavy atom. The van der Waals surface area contributed by atoms with Crippen LogP contribution in [-0.2, 0) is 4.79 Å². The smallest absolute Gasteiger partial charge is 0.274 e. The van der Waals surface area contributed by atoms with Crippen LogP contribution in [0.3, 0.4) is 0 Å². The van der Waals surface area contributed by atoms with Gasteiger partial charge in [-0.3, -0.25) is 10.0 Å². The monoisotopic (exact) mass is 273 g/mol. The fraction of sp³-hybridized carbons (Fsp3) is 0.933. The number of hydrogen-bond donors (Lipinski definition) is 2. The van der Waals surface area contributed by atoms with E-state index in [0.29, 0.717) is 11.5 Å². The molecule has 0 aliphatic carbocycles. The lowest BCUT2D eigenvalue weighted by Gasteiger charge is -2.16. The van der Waals surface area contributed by atoms with Crippen molar-refractivity contribution in [2.45, 2.75) is 84.2 Å². The van der Waals surface area contributed by atoms with Gasteiger partial charge in [0.1, 0.15) is 6.10 Å². The molecule has 4 nitrogen and oxygen atoms in total. The van der Waals surface area contributed by atoms with Crippen molar-refractivity contribution in [1.82, 2.24) is 5.06 Å². The Labute approximate surface area is 117 Å². The summed E-state index contributed by atoms with van der Waals surface area (Å²) in [6.45, 7) is 4.11. The van der Waals surface area contributed by atoms with E-state index in [0.717, 1.165) is 12.8 Å². The first-order valence-corrected chi connectivity index (χ1v) is 7.81. The van der Waals surface area contributed by atoms with Crippen molar-refractivity contribution >= 4 is 5.91 Å². The van der Waals surface area contributed by atoms with E-state index < -0.39 is 12.0 Å². The molecule has 0 heterocycles. The van der Waals surface area contributed by atoms with E-state index in [2.05, 4.69) is 6.92 Å². The standard InChI is InChI=1S/C15H31NO3/c1-3-5-6-7-8-9-10-11-12-13-14(17)15(18)16(19)4-2/h14,17,19H,3-13H2,1-2H3. The van der Waals surface area contributed by atoms with Crippen LogP contribution in [0.2, 0.25) is 0 Å². The lowest BCUT2D eigenvalue weighted by atomic mass is 10.0. The molecule has 0 fully saturated rings. The van der Waals surface area contributed by atoms with Crippen LogP contribution in [0.1, 0.15) is 78.1 Å². The third kappa shape index (κ3) is 9.91. The number of aliphatic hydroxyl groups excluding tert-OH is 1. The van der Waals surface area contributed by atoms with E-state index in [1.165, 1.54) is 44.9 Å². The molecular weight excluding hydrogens is 242 g/mol. The maximum atomic E-state index is 11.4. The van der Waals surface area contributed by atoms with Gasteiger partial charge < -0.3 is 5.11 Å². The summed E-state index contributed by atoms with van der Waals surface area (Å²) in [5.74, 6) is -0.581. The second-order valence-electron chi connectivity index (χ2n) is 5.19. The van der Waals surface area contributed by atoms with Gasteiger partial charge in [0.15, 0.2) is 0 Å². The molecule has 0 aromatic rings. The van der Waals surface area contributed by atoms with Crippen LogP contribution in [0.4, 0.5) is 0 Å². The molecule has 0 saturated carbocycles. The topological polar surface area (TPSA) is 60.8 Å². The Bertz CT molecular complexity index is 221. The number of hydroxylamine groups is 2. The van der Waals surface area contributed by atoms with Gasteiger partial charge in [0, 0.05) is 6.54 Å². The number of amides is 1. The van der Waals surface area contributed by atoms with Crippen molar-refractivity contribution in [1.29, 1.82) is 0 Å². The van der Waals surface area contributed by atoms with Crippen LogP contribution < -0.4 is 0 Å². The number of nitrogens with zero attached hydrogens (tertiary/aromatic N) is 1. The summed E-state index contributed by atoms with van der Waals surface area (Å²) < 4.78 is 0. The molecule has 1 unspecified atom stereocenters. The Hall–Kier alpha value is -0.610. The van der Waals surface area contributed by atoms with Crippen molar-refractivity contribution in [3.8, 4) is 0 Å². The van der Waals surface area contributed by atoms with Gasteiger partial charge in [-0.2, -0.15) is 0 Å². The van der Waals surface area contributed by atoms with E-state index >= 15 is 0 Å². The van der Waals surface area contributed by atoms with Gasteiger partial charge in [-0.15, -0.1) is 0 Å². The van der Waals surface area contributed by atoms with Gasteiger partial charge in [0.25, 0.3) is 5.91 Å². The largest absolute Gasteiger partial charge is 0.383 e. The summed E-state index contributed by atoms with van der Waals surface area (Å²) in [4.78, 5) is 11.4. The van der Waals surface area contributed by atoms with Crippen LogP contribution in [0.25, 0.3) is 0 Å². The molecule has 2 N–H and O–H groups in total. The molecular formula is C15H31NO3. The van der Waals surface area contributed by atoms with E-state index in [4.69, 9.17) is 5.21 Å². The Kier molecular flexibility index (Phi) is 12.0. The number of hydrogen-bond acceptors (Lipinski definition) is 3. The third-order valence-electron chi connectivity index (χ3n) is 3.42. The van der Waals surface area contributed by atoms with Crippen LogP contribution in [0, 0.1) is 0 Å². The highest BCUT2D eigenvalue weighted by Crippen LogP contribution is 2.11. The summed E-state index contributed by atoms with van der Waals surface area (Å²) in [6, 6.07) is 0. The maximum absolute atomic E-state index is 11.4. The molecule has 0 aliphatic heterocycles. The summed E-state index contributed by atoms with van der Waals surface area (Å²) in [7, 11) is 0. The first kappa shape index (κ1) is 18.4. The number of carbonyl (C=O) groups excluding carboxylic acids is 1. The second kappa shape index (κ2) is 12.4. The zero-order chi connectivity index (χ0) is 14.5. The first-order chi connectivity index (χ1) is 9.13. The molecule has 4 heteroatoms. The van der Waals surface area contributed by atoms with E-state index in [9.17, 15) is 9.90 Å². The molecule has 1 amide bonds. The lowest BCUT2D eigenvalue weighted by molar-refractivity contribution is -0.174. The van der Waals surface area contributed by atoms with Gasteiger partial charge in [0.2, 0.25) is 0 Å². The molecule has 0 aromatic carbocycles. The zero-order valence-corrected chi connectivity index (χ0v) is 12.6. The molecule has 0 aromatic heterocycles. The third-order valence-corrected chi connectivity index (χ3v) is 3.42. The second-order valence-corrected chi connectivity index (χ2v) is 5.19. The fourth-order valence-corrected chi connectivity index (χ4v) is 2.10. The molecule has 0 radical (unpaired) electrons. The van der Waals surface area contributed by atoms with Crippen LogP contribution in [0.15, 0.2) is 0 Å². The SMILES string of the molecule is CCCCCCCCCCCC(O)C(=O)N(O)CC. The van der Waals surface area contributed by atoms with Crippen molar-refractivity contribution in [2.24, 2.45) is 0 Å². The normalized spacial score (nSPS) is 12.4. The van der Waals surface area contributed by atoms with E-state index in [1.54, 1.807) is 6.92 Å². The van der Waals surface area contributed by atoms with Gasteiger partial charge in [-0.05, 0) is 13.3 Å². The average Bonchev–Trinajstić information content (AvgIpc) is 2.43. The highest BCUT2D eigenvalue weighted by atomic mass is 16.5.